The van der Waals surface area contributed by atoms with Gasteiger partial charge in [-0.15, -0.1) is 0 Å². The number of hydrogen-bond donors (Lipinski definition) is 1. The minimum absolute atomic E-state index is 0.0634. The predicted molar refractivity (Wildman–Crippen MR) is 42.3 cm³/mol. The van der Waals surface area contributed by atoms with E-state index in [0.29, 0.717) is 0 Å². The van der Waals surface area contributed by atoms with E-state index in [1.807, 2.05) is 0 Å². The number of nitrogens with zero attached hydrogens (tertiary/aromatic N) is 4. The molecule has 0 aromatic carbocycles. The molecule has 0 aliphatic carbocycles. The number of hydrogen-bond acceptors (Lipinski definition) is 4. The first-order valence-corrected chi connectivity index (χ1v) is 3.79. The number of carboxylic acid groups (broad SMARTS) is 1. The number of rotatable bonds is 2. The molecule has 78 valence electrons. The third-order valence-corrected chi connectivity index (χ3v) is 1.78. The van der Waals surface area contributed by atoms with Gasteiger partial charge in [-0.2, -0.15) is 13.9 Å². The van der Waals surface area contributed by atoms with E-state index in [4.69, 9.17) is 5.11 Å². The second kappa shape index (κ2) is 2.94. The van der Waals surface area contributed by atoms with Crippen LogP contribution in [-0.2, 0) is 10.7 Å². The fourth-order valence-electron chi connectivity index (χ4n) is 1.08. The summed E-state index contributed by atoms with van der Waals surface area (Å²) in [5, 5.41) is 11.8. The molecule has 0 unspecified atom stereocenters. The van der Waals surface area contributed by atoms with Gasteiger partial charge >= 0.3 is 11.9 Å². The van der Waals surface area contributed by atoms with Crippen molar-refractivity contribution < 1.29 is 18.7 Å². The number of carbonyl (C=O) groups is 1. The Balaban J connectivity index is 2.71. The second-order valence-electron chi connectivity index (χ2n) is 2.70. The molecular weight excluding hydrogens is 210 g/mol. The molecule has 6 nitrogen and oxygen atoms in total. The number of fused-ring (bicyclic) bond motifs is 1. The highest BCUT2D eigenvalue weighted by atomic mass is 19.3. The maximum absolute atomic E-state index is 13.2. The normalized spacial score (nSPS) is 11.9. The lowest BCUT2D eigenvalue weighted by Crippen LogP contribution is -2.28. The quantitative estimate of drug-likeness (QED) is 0.777. The molecule has 2 heterocycles. The first-order chi connectivity index (χ1) is 7.03. The summed E-state index contributed by atoms with van der Waals surface area (Å²) in [5.41, 5.74) is -0.765. The summed E-state index contributed by atoms with van der Waals surface area (Å²) in [6.45, 7) is 0. The molecule has 0 aliphatic heterocycles. The number of halogens is 2. The first kappa shape index (κ1) is 9.44. The minimum Gasteiger partial charge on any atom is -0.476 e. The highest BCUT2D eigenvalue weighted by Gasteiger charge is 2.44. The molecule has 0 fully saturated rings. The van der Waals surface area contributed by atoms with Crippen LogP contribution >= 0.6 is 0 Å². The van der Waals surface area contributed by atoms with Crippen molar-refractivity contribution in [1.82, 2.24) is 19.6 Å². The zero-order valence-corrected chi connectivity index (χ0v) is 7.13. The molecule has 0 atom stereocenters. The van der Waals surface area contributed by atoms with E-state index < -0.39 is 17.6 Å². The van der Waals surface area contributed by atoms with Gasteiger partial charge in [0.25, 0.3) is 0 Å². The Morgan fingerprint density at radius 1 is 1.47 bits per heavy atom. The van der Waals surface area contributed by atoms with Crippen LogP contribution in [0.15, 0.2) is 18.7 Å². The van der Waals surface area contributed by atoms with Crippen LogP contribution in [0.4, 0.5) is 8.78 Å². The van der Waals surface area contributed by atoms with Crippen LogP contribution in [0.2, 0.25) is 0 Å². The number of carboxylic acids is 1. The minimum atomic E-state index is -4.04. The number of aromatic nitrogens is 4. The zero-order chi connectivity index (χ0) is 11.1. The van der Waals surface area contributed by atoms with Gasteiger partial charge in [-0.1, -0.05) is 0 Å². The van der Waals surface area contributed by atoms with Gasteiger partial charge in [0.05, 0.1) is 12.4 Å². The van der Waals surface area contributed by atoms with Crippen molar-refractivity contribution in [2.45, 2.75) is 5.92 Å². The molecule has 0 amide bonds. The van der Waals surface area contributed by atoms with Crippen molar-refractivity contribution >= 4 is 11.6 Å². The molecule has 0 spiro atoms. The molecule has 1 N–H and O–H groups in total. The van der Waals surface area contributed by atoms with Crippen LogP contribution in [0.25, 0.3) is 5.65 Å². The van der Waals surface area contributed by atoms with E-state index in [2.05, 4.69) is 15.1 Å². The SMILES string of the molecule is O=C(O)C(F)(F)c1cncc2ncnn12. The van der Waals surface area contributed by atoms with Crippen LogP contribution in [-0.4, -0.2) is 30.7 Å². The monoisotopic (exact) mass is 214 g/mol. The Hall–Kier alpha value is -2.12. The maximum Gasteiger partial charge on any atom is 0.385 e. The van der Waals surface area contributed by atoms with Crippen molar-refractivity contribution in [3.63, 3.8) is 0 Å². The van der Waals surface area contributed by atoms with Gasteiger partial charge < -0.3 is 5.11 Å². The molecule has 2 aromatic heterocycles. The van der Waals surface area contributed by atoms with Gasteiger partial charge in [-0.05, 0) is 0 Å². The zero-order valence-electron chi connectivity index (χ0n) is 7.13. The largest absolute Gasteiger partial charge is 0.476 e. The lowest BCUT2D eigenvalue weighted by molar-refractivity contribution is -0.167. The predicted octanol–water partition coefficient (Wildman–Crippen LogP) is 0.301. The topological polar surface area (TPSA) is 80.4 Å². The fourth-order valence-corrected chi connectivity index (χ4v) is 1.08. The summed E-state index contributed by atoms with van der Waals surface area (Å²) in [4.78, 5) is 17.4. The van der Waals surface area contributed by atoms with Gasteiger partial charge in [0, 0.05) is 0 Å². The third kappa shape index (κ3) is 1.30. The lowest BCUT2D eigenvalue weighted by atomic mass is 10.2. The summed E-state index contributed by atoms with van der Waals surface area (Å²) in [6, 6.07) is 0. The molecule has 0 saturated heterocycles. The maximum atomic E-state index is 13.2. The summed E-state index contributed by atoms with van der Waals surface area (Å²) in [6.07, 6.45) is 2.99. The van der Waals surface area contributed by atoms with Crippen molar-refractivity contribution in [2.75, 3.05) is 0 Å². The van der Waals surface area contributed by atoms with Gasteiger partial charge in [0.2, 0.25) is 0 Å². The molecule has 2 aromatic rings. The third-order valence-electron chi connectivity index (χ3n) is 1.78. The molecule has 8 heteroatoms. The van der Waals surface area contributed by atoms with Crippen LogP contribution in [0, 0.1) is 0 Å². The Morgan fingerprint density at radius 3 is 2.87 bits per heavy atom. The Bertz CT molecular complexity index is 524. The lowest BCUT2D eigenvalue weighted by Gasteiger charge is -2.11. The smallest absolute Gasteiger partial charge is 0.385 e. The van der Waals surface area contributed by atoms with Gasteiger partial charge in [-0.3, -0.25) is 4.98 Å². The molecule has 15 heavy (non-hydrogen) atoms. The molecule has 0 aliphatic rings. The Morgan fingerprint density at radius 2 is 2.20 bits per heavy atom. The van der Waals surface area contributed by atoms with Crippen LogP contribution in [0.5, 0.6) is 0 Å². The van der Waals surface area contributed by atoms with E-state index in [9.17, 15) is 13.6 Å². The van der Waals surface area contributed by atoms with Crippen molar-refractivity contribution in [3.05, 3.63) is 24.4 Å². The van der Waals surface area contributed by atoms with E-state index in [-0.39, 0.29) is 5.65 Å². The van der Waals surface area contributed by atoms with E-state index in [0.717, 1.165) is 17.0 Å². The summed E-state index contributed by atoms with van der Waals surface area (Å²) in [5.74, 6) is -6.30. The molecule has 2 rings (SSSR count). The Labute approximate surface area is 81.2 Å². The van der Waals surface area contributed by atoms with Crippen molar-refractivity contribution in [3.8, 4) is 0 Å². The van der Waals surface area contributed by atoms with E-state index in [1.165, 1.54) is 6.20 Å². The highest BCUT2D eigenvalue weighted by molar-refractivity contribution is 5.76. The number of aliphatic carboxylic acids is 1. The van der Waals surface area contributed by atoms with Gasteiger partial charge in [-0.25, -0.2) is 14.3 Å². The molecular formula is C7H4F2N4O2. The van der Waals surface area contributed by atoms with Crippen molar-refractivity contribution in [1.29, 1.82) is 0 Å². The second-order valence-corrected chi connectivity index (χ2v) is 2.70. The van der Waals surface area contributed by atoms with Crippen LogP contribution in [0.3, 0.4) is 0 Å². The van der Waals surface area contributed by atoms with Crippen LogP contribution in [0.1, 0.15) is 5.69 Å². The van der Waals surface area contributed by atoms with E-state index in [1.54, 1.807) is 0 Å². The Kier molecular flexibility index (Phi) is 1.85. The number of alkyl halides is 2. The van der Waals surface area contributed by atoms with E-state index >= 15 is 0 Å². The van der Waals surface area contributed by atoms with Gasteiger partial charge in [0.1, 0.15) is 12.0 Å². The average Bonchev–Trinajstić information content (AvgIpc) is 2.64. The molecule has 0 saturated carbocycles. The summed E-state index contributed by atoms with van der Waals surface area (Å²) < 4.78 is 27.1. The standard InChI is InChI=1S/C7H4F2N4O2/c8-7(9,6(14)15)4-1-10-2-5-11-3-12-13(4)5/h1-3H,(H,14,15). The van der Waals surface area contributed by atoms with Gasteiger partial charge in [0.15, 0.2) is 5.65 Å². The summed E-state index contributed by atoms with van der Waals surface area (Å²) in [7, 11) is 0. The first-order valence-electron chi connectivity index (χ1n) is 3.79. The fraction of sp³-hybridized carbons (Fsp3) is 0.143. The molecule has 0 bridgehead atoms. The van der Waals surface area contributed by atoms with Crippen molar-refractivity contribution in [2.24, 2.45) is 0 Å². The molecule has 0 radical (unpaired) electrons. The van der Waals surface area contributed by atoms with Crippen LogP contribution < -0.4 is 0 Å². The average molecular weight is 214 g/mol. The summed E-state index contributed by atoms with van der Waals surface area (Å²) >= 11 is 0. The highest BCUT2D eigenvalue weighted by Crippen LogP contribution is 2.27.